The third-order valence-electron chi connectivity index (χ3n) is 2.58. The number of allylic oxidation sites excluding steroid dienone is 3. The molecule has 0 heterocycles. The first-order valence-electron chi connectivity index (χ1n) is 5.97. The minimum Gasteiger partial charge on any atom is -0.298 e. The number of rotatable bonds is 5. The second-order valence-corrected chi connectivity index (χ2v) is 4.60. The molecule has 0 aliphatic rings. The highest BCUT2D eigenvalue weighted by atomic mass is 16.1. The summed E-state index contributed by atoms with van der Waals surface area (Å²) in [4.78, 5) is 10.5. The predicted molar refractivity (Wildman–Crippen MR) is 74.1 cm³/mol. The third kappa shape index (κ3) is 5.30. The lowest BCUT2D eigenvalue weighted by molar-refractivity contribution is 0.112. The highest BCUT2D eigenvalue weighted by Gasteiger charge is 1.93. The molecule has 1 nitrogen and oxygen atoms in total. The summed E-state index contributed by atoms with van der Waals surface area (Å²) in [6.07, 6.45) is 7.48. The maximum atomic E-state index is 10.5. The van der Waals surface area contributed by atoms with Gasteiger partial charge in [0, 0.05) is 5.56 Å². The molecule has 0 saturated heterocycles. The van der Waals surface area contributed by atoms with Gasteiger partial charge in [-0.15, -0.1) is 0 Å². The average molecular weight is 228 g/mol. The minimum absolute atomic E-state index is 0.726. The summed E-state index contributed by atoms with van der Waals surface area (Å²) in [7, 11) is 0. The van der Waals surface area contributed by atoms with E-state index >= 15 is 0 Å². The molecule has 0 N–H and O–H groups in total. The standard InChI is InChI=1S/C16H20O/c1-13(2)5-4-6-14(3)11-15-7-9-16(12-17)10-8-15/h5,7-12H,4,6H2,1-3H3. The van der Waals surface area contributed by atoms with Crippen molar-refractivity contribution in [3.63, 3.8) is 0 Å². The molecule has 0 saturated carbocycles. The highest BCUT2D eigenvalue weighted by molar-refractivity contribution is 5.75. The van der Waals surface area contributed by atoms with Crippen LogP contribution in [-0.2, 0) is 0 Å². The Labute approximate surface area is 104 Å². The van der Waals surface area contributed by atoms with Crippen molar-refractivity contribution < 1.29 is 4.79 Å². The van der Waals surface area contributed by atoms with E-state index in [9.17, 15) is 4.79 Å². The maximum Gasteiger partial charge on any atom is 0.150 e. The Hall–Kier alpha value is -1.63. The molecule has 1 heteroatoms. The molecule has 17 heavy (non-hydrogen) atoms. The van der Waals surface area contributed by atoms with Gasteiger partial charge in [0.1, 0.15) is 6.29 Å². The number of benzene rings is 1. The zero-order chi connectivity index (χ0) is 12.7. The van der Waals surface area contributed by atoms with Gasteiger partial charge in [0.2, 0.25) is 0 Å². The van der Waals surface area contributed by atoms with Crippen molar-refractivity contribution in [2.24, 2.45) is 0 Å². The van der Waals surface area contributed by atoms with E-state index in [1.807, 2.05) is 24.3 Å². The first-order chi connectivity index (χ1) is 8.11. The van der Waals surface area contributed by atoms with Crippen molar-refractivity contribution in [3.8, 4) is 0 Å². The van der Waals surface area contributed by atoms with Crippen LogP contribution in [0.15, 0.2) is 41.5 Å². The minimum atomic E-state index is 0.726. The van der Waals surface area contributed by atoms with Crippen LogP contribution in [0.3, 0.4) is 0 Å². The summed E-state index contributed by atoms with van der Waals surface area (Å²) >= 11 is 0. The molecule has 0 bridgehead atoms. The molecule has 0 unspecified atom stereocenters. The molecule has 1 aromatic carbocycles. The number of aldehydes is 1. The van der Waals surface area contributed by atoms with Crippen molar-refractivity contribution in [1.82, 2.24) is 0 Å². The quantitative estimate of drug-likeness (QED) is 0.529. The first kappa shape index (κ1) is 13.4. The summed E-state index contributed by atoms with van der Waals surface area (Å²) in [5.41, 5.74) is 4.61. The topological polar surface area (TPSA) is 17.1 Å². The summed E-state index contributed by atoms with van der Waals surface area (Å²) in [5.74, 6) is 0. The summed E-state index contributed by atoms with van der Waals surface area (Å²) in [5, 5.41) is 0. The van der Waals surface area contributed by atoms with Crippen LogP contribution >= 0.6 is 0 Å². The number of carbonyl (C=O) groups is 1. The second kappa shape index (κ2) is 6.85. The normalized spacial score (nSPS) is 11.1. The van der Waals surface area contributed by atoms with Crippen LogP contribution < -0.4 is 0 Å². The van der Waals surface area contributed by atoms with Crippen molar-refractivity contribution >= 4 is 12.4 Å². The Kier molecular flexibility index (Phi) is 5.41. The van der Waals surface area contributed by atoms with Crippen LogP contribution in [0.5, 0.6) is 0 Å². The Bertz CT molecular complexity index is 417. The maximum absolute atomic E-state index is 10.5. The van der Waals surface area contributed by atoms with Gasteiger partial charge in [0.15, 0.2) is 0 Å². The molecular weight excluding hydrogens is 208 g/mol. The van der Waals surface area contributed by atoms with E-state index in [2.05, 4.69) is 32.9 Å². The van der Waals surface area contributed by atoms with E-state index in [1.165, 1.54) is 11.1 Å². The molecule has 0 spiro atoms. The lowest BCUT2D eigenvalue weighted by atomic mass is 10.1. The second-order valence-electron chi connectivity index (χ2n) is 4.60. The fourth-order valence-electron chi connectivity index (χ4n) is 1.62. The fraction of sp³-hybridized carbons (Fsp3) is 0.312. The van der Waals surface area contributed by atoms with Gasteiger partial charge < -0.3 is 0 Å². The van der Waals surface area contributed by atoms with Gasteiger partial charge >= 0.3 is 0 Å². The summed E-state index contributed by atoms with van der Waals surface area (Å²) in [6, 6.07) is 7.66. The smallest absolute Gasteiger partial charge is 0.150 e. The van der Waals surface area contributed by atoms with Crippen molar-refractivity contribution in [2.45, 2.75) is 33.6 Å². The number of hydrogen-bond acceptors (Lipinski definition) is 1. The van der Waals surface area contributed by atoms with E-state index in [0.717, 1.165) is 30.3 Å². The van der Waals surface area contributed by atoms with Gasteiger partial charge in [0.25, 0.3) is 0 Å². The molecule has 0 amide bonds. The van der Waals surface area contributed by atoms with Crippen LogP contribution in [-0.4, -0.2) is 6.29 Å². The SMILES string of the molecule is CC(C)=CCCC(C)=Cc1ccc(C=O)cc1. The van der Waals surface area contributed by atoms with Gasteiger partial charge in [0.05, 0.1) is 0 Å². The van der Waals surface area contributed by atoms with Crippen molar-refractivity contribution in [1.29, 1.82) is 0 Å². The van der Waals surface area contributed by atoms with Crippen LogP contribution in [0.1, 0.15) is 49.5 Å². The fourth-order valence-corrected chi connectivity index (χ4v) is 1.62. The monoisotopic (exact) mass is 228 g/mol. The first-order valence-corrected chi connectivity index (χ1v) is 5.97. The van der Waals surface area contributed by atoms with E-state index in [0.29, 0.717) is 0 Å². The van der Waals surface area contributed by atoms with Gasteiger partial charge in [-0.25, -0.2) is 0 Å². The zero-order valence-corrected chi connectivity index (χ0v) is 10.9. The van der Waals surface area contributed by atoms with E-state index in [-0.39, 0.29) is 0 Å². The van der Waals surface area contributed by atoms with E-state index < -0.39 is 0 Å². The molecule has 90 valence electrons. The van der Waals surface area contributed by atoms with Gasteiger partial charge in [-0.2, -0.15) is 0 Å². The van der Waals surface area contributed by atoms with E-state index in [1.54, 1.807) is 0 Å². The van der Waals surface area contributed by atoms with Crippen LogP contribution in [0.2, 0.25) is 0 Å². The number of hydrogen-bond donors (Lipinski definition) is 0. The van der Waals surface area contributed by atoms with Gasteiger partial charge in [-0.3, -0.25) is 4.79 Å². The molecule has 0 fully saturated rings. The van der Waals surface area contributed by atoms with E-state index in [4.69, 9.17) is 0 Å². The zero-order valence-electron chi connectivity index (χ0n) is 10.9. The lowest BCUT2D eigenvalue weighted by Crippen LogP contribution is -1.81. The third-order valence-corrected chi connectivity index (χ3v) is 2.58. The summed E-state index contributed by atoms with van der Waals surface area (Å²) < 4.78 is 0. The Morgan fingerprint density at radius 2 is 1.65 bits per heavy atom. The molecular formula is C16H20O. The summed E-state index contributed by atoms with van der Waals surface area (Å²) in [6.45, 7) is 6.39. The van der Waals surface area contributed by atoms with Crippen molar-refractivity contribution in [3.05, 3.63) is 52.6 Å². The van der Waals surface area contributed by atoms with Gasteiger partial charge in [-0.05, 0) is 39.2 Å². The molecule has 1 aromatic rings. The lowest BCUT2D eigenvalue weighted by Gasteiger charge is -2.00. The molecule has 0 aromatic heterocycles. The van der Waals surface area contributed by atoms with Crippen molar-refractivity contribution in [2.75, 3.05) is 0 Å². The average Bonchev–Trinajstić information content (AvgIpc) is 2.29. The van der Waals surface area contributed by atoms with Crippen LogP contribution in [0, 0.1) is 0 Å². The number of carbonyl (C=O) groups excluding carboxylic acids is 1. The molecule has 0 radical (unpaired) electrons. The Balaban J connectivity index is 2.60. The van der Waals surface area contributed by atoms with Crippen LogP contribution in [0.4, 0.5) is 0 Å². The van der Waals surface area contributed by atoms with Crippen LogP contribution in [0.25, 0.3) is 6.08 Å². The highest BCUT2D eigenvalue weighted by Crippen LogP contribution is 2.12. The predicted octanol–water partition coefficient (Wildman–Crippen LogP) is 4.65. The Morgan fingerprint density at radius 3 is 2.18 bits per heavy atom. The molecule has 0 aliphatic heterocycles. The van der Waals surface area contributed by atoms with Gasteiger partial charge in [-0.1, -0.05) is 47.6 Å². The molecule has 0 atom stereocenters. The largest absolute Gasteiger partial charge is 0.298 e. The molecule has 0 aliphatic carbocycles. The molecule has 1 rings (SSSR count). The Morgan fingerprint density at radius 1 is 1.06 bits per heavy atom.